The zero-order valence-electron chi connectivity index (χ0n) is 16.7. The van der Waals surface area contributed by atoms with Gasteiger partial charge in [-0.1, -0.05) is 35.9 Å². The van der Waals surface area contributed by atoms with Gasteiger partial charge < -0.3 is 10.1 Å². The number of carbonyl (C=O) groups excluding carboxylic acids is 2. The molecule has 9 heteroatoms. The van der Waals surface area contributed by atoms with Gasteiger partial charge in [-0.3, -0.25) is 9.10 Å². The van der Waals surface area contributed by atoms with E-state index in [0.29, 0.717) is 5.69 Å². The Labute approximate surface area is 181 Å². The zero-order chi connectivity index (χ0) is 22.3. The van der Waals surface area contributed by atoms with Crippen molar-refractivity contribution in [3.8, 4) is 0 Å². The molecule has 1 amide bonds. The summed E-state index contributed by atoms with van der Waals surface area (Å²) in [4.78, 5) is 24.1. The fraction of sp³-hybridized carbons (Fsp3) is 0.238. The molecule has 0 bridgehead atoms. The summed E-state index contributed by atoms with van der Waals surface area (Å²) in [6.07, 6.45) is 1.44. The third-order valence-corrected chi connectivity index (χ3v) is 6.18. The summed E-state index contributed by atoms with van der Waals surface area (Å²) in [5.41, 5.74) is 0.384. The lowest BCUT2D eigenvalue weighted by Crippen LogP contribution is -2.39. The van der Waals surface area contributed by atoms with Gasteiger partial charge in [-0.05, 0) is 44.2 Å². The third-order valence-electron chi connectivity index (χ3n) is 4.09. The molecule has 0 spiro atoms. The average molecular weight is 451 g/mol. The highest BCUT2D eigenvalue weighted by Crippen LogP contribution is 2.30. The standard InChI is InChI=1S/C21H23ClN2O5S/c1-4-13-24(19-12-7-6-11-18(19)22)30(27,28)17-10-8-9-16(14-17)20(25)23-15(3)21(26)29-5-2/h4,6-12,14-15H,1,5,13H2,2-3H3,(H,23,25). The molecule has 0 heterocycles. The van der Waals surface area contributed by atoms with Crippen LogP contribution in [0.1, 0.15) is 24.2 Å². The minimum Gasteiger partial charge on any atom is -0.464 e. The number of para-hydroxylation sites is 1. The summed E-state index contributed by atoms with van der Waals surface area (Å²) < 4.78 is 32.5. The van der Waals surface area contributed by atoms with Crippen LogP contribution in [0.3, 0.4) is 0 Å². The number of nitrogens with zero attached hydrogens (tertiary/aromatic N) is 1. The molecule has 2 aromatic rings. The highest BCUT2D eigenvalue weighted by atomic mass is 35.5. The van der Waals surface area contributed by atoms with Gasteiger partial charge in [0.05, 0.1) is 28.8 Å². The summed E-state index contributed by atoms with van der Waals surface area (Å²) >= 11 is 6.19. The summed E-state index contributed by atoms with van der Waals surface area (Å²) in [6.45, 7) is 6.94. The molecular formula is C21H23ClN2O5S. The number of esters is 1. The molecule has 1 N–H and O–H groups in total. The molecule has 0 aliphatic carbocycles. The first-order valence-corrected chi connectivity index (χ1v) is 11.0. The van der Waals surface area contributed by atoms with Crippen LogP contribution in [0.5, 0.6) is 0 Å². The Morgan fingerprint density at radius 3 is 2.57 bits per heavy atom. The van der Waals surface area contributed by atoms with Gasteiger partial charge in [-0.25, -0.2) is 13.2 Å². The number of sulfonamides is 1. The first-order valence-electron chi connectivity index (χ1n) is 9.18. The van der Waals surface area contributed by atoms with E-state index in [-0.39, 0.29) is 28.6 Å². The van der Waals surface area contributed by atoms with Gasteiger partial charge in [0.25, 0.3) is 15.9 Å². The molecular weight excluding hydrogens is 428 g/mol. The monoisotopic (exact) mass is 450 g/mol. The topological polar surface area (TPSA) is 92.8 Å². The van der Waals surface area contributed by atoms with Crippen molar-refractivity contribution in [1.29, 1.82) is 0 Å². The van der Waals surface area contributed by atoms with E-state index in [1.165, 1.54) is 37.3 Å². The maximum Gasteiger partial charge on any atom is 0.328 e. The van der Waals surface area contributed by atoms with Crippen molar-refractivity contribution in [1.82, 2.24) is 5.32 Å². The Morgan fingerprint density at radius 1 is 1.23 bits per heavy atom. The molecule has 0 aromatic heterocycles. The largest absolute Gasteiger partial charge is 0.464 e. The number of amides is 1. The molecule has 1 atom stereocenters. The molecule has 0 saturated heterocycles. The Morgan fingerprint density at radius 2 is 1.93 bits per heavy atom. The van der Waals surface area contributed by atoms with Gasteiger partial charge in [0, 0.05) is 5.56 Å². The number of nitrogens with one attached hydrogen (secondary N) is 1. The smallest absolute Gasteiger partial charge is 0.328 e. The lowest BCUT2D eigenvalue weighted by atomic mass is 10.2. The molecule has 2 aromatic carbocycles. The minimum absolute atomic E-state index is 0.0115. The van der Waals surface area contributed by atoms with Crippen molar-refractivity contribution in [2.75, 3.05) is 17.5 Å². The Balaban J connectivity index is 2.36. The van der Waals surface area contributed by atoms with Gasteiger partial charge in [-0.15, -0.1) is 6.58 Å². The summed E-state index contributed by atoms with van der Waals surface area (Å²) in [7, 11) is -4.04. The number of ether oxygens (including phenoxy) is 1. The second kappa shape index (κ2) is 10.3. The highest BCUT2D eigenvalue weighted by molar-refractivity contribution is 7.92. The van der Waals surface area contributed by atoms with Crippen molar-refractivity contribution in [3.63, 3.8) is 0 Å². The van der Waals surface area contributed by atoms with Crippen LogP contribution in [-0.2, 0) is 19.6 Å². The van der Waals surface area contributed by atoms with Crippen LogP contribution in [0.4, 0.5) is 5.69 Å². The van der Waals surface area contributed by atoms with E-state index >= 15 is 0 Å². The normalized spacial score (nSPS) is 12.0. The number of hydrogen-bond acceptors (Lipinski definition) is 5. The van der Waals surface area contributed by atoms with E-state index in [9.17, 15) is 18.0 Å². The lowest BCUT2D eigenvalue weighted by Gasteiger charge is -2.24. The fourth-order valence-electron chi connectivity index (χ4n) is 2.63. The number of hydrogen-bond donors (Lipinski definition) is 1. The molecule has 0 aliphatic heterocycles. The number of carbonyl (C=O) groups is 2. The van der Waals surface area contributed by atoms with E-state index in [1.54, 1.807) is 31.2 Å². The van der Waals surface area contributed by atoms with Crippen LogP contribution in [0.2, 0.25) is 5.02 Å². The second-order valence-electron chi connectivity index (χ2n) is 6.25. The maximum atomic E-state index is 13.3. The second-order valence-corrected chi connectivity index (χ2v) is 8.52. The van der Waals surface area contributed by atoms with Crippen LogP contribution in [0, 0.1) is 0 Å². The first kappa shape index (κ1) is 23.4. The van der Waals surface area contributed by atoms with E-state index in [2.05, 4.69) is 11.9 Å². The molecule has 7 nitrogen and oxygen atoms in total. The van der Waals surface area contributed by atoms with Crippen molar-refractivity contribution in [2.45, 2.75) is 24.8 Å². The summed E-state index contributed by atoms with van der Waals surface area (Å²) in [5.74, 6) is -1.17. The molecule has 2 rings (SSSR count). The van der Waals surface area contributed by atoms with Crippen molar-refractivity contribution in [3.05, 3.63) is 71.8 Å². The molecule has 30 heavy (non-hydrogen) atoms. The maximum absolute atomic E-state index is 13.3. The number of anilines is 1. The molecule has 160 valence electrons. The van der Waals surface area contributed by atoms with Gasteiger partial charge in [0.2, 0.25) is 0 Å². The third kappa shape index (κ3) is 5.40. The number of rotatable bonds is 9. The minimum atomic E-state index is -4.04. The molecule has 0 aliphatic rings. The van der Waals surface area contributed by atoms with Crippen molar-refractivity contribution < 1.29 is 22.7 Å². The quantitative estimate of drug-likeness (QED) is 0.467. The van der Waals surface area contributed by atoms with Gasteiger partial charge >= 0.3 is 5.97 Å². The van der Waals surface area contributed by atoms with Gasteiger partial charge in [0.1, 0.15) is 6.04 Å². The van der Waals surface area contributed by atoms with E-state index in [0.717, 1.165) is 4.31 Å². The highest BCUT2D eigenvalue weighted by Gasteiger charge is 2.27. The fourth-order valence-corrected chi connectivity index (χ4v) is 4.42. The molecule has 0 saturated carbocycles. The Bertz CT molecular complexity index is 1040. The number of benzene rings is 2. The van der Waals surface area contributed by atoms with Crippen LogP contribution < -0.4 is 9.62 Å². The van der Waals surface area contributed by atoms with E-state index in [1.807, 2.05) is 0 Å². The van der Waals surface area contributed by atoms with Crippen molar-refractivity contribution in [2.24, 2.45) is 0 Å². The SMILES string of the molecule is C=CCN(c1ccccc1Cl)S(=O)(=O)c1cccc(C(=O)NC(C)C(=O)OCC)c1. The van der Waals surface area contributed by atoms with Crippen LogP contribution in [-0.4, -0.2) is 39.5 Å². The van der Waals surface area contributed by atoms with Crippen LogP contribution >= 0.6 is 11.6 Å². The average Bonchev–Trinajstić information content (AvgIpc) is 2.72. The van der Waals surface area contributed by atoms with Crippen LogP contribution in [0.25, 0.3) is 0 Å². The van der Waals surface area contributed by atoms with Crippen LogP contribution in [0.15, 0.2) is 66.1 Å². The van der Waals surface area contributed by atoms with E-state index < -0.39 is 27.9 Å². The van der Waals surface area contributed by atoms with E-state index in [4.69, 9.17) is 16.3 Å². The van der Waals surface area contributed by atoms with Crippen molar-refractivity contribution >= 4 is 39.2 Å². The molecule has 0 fully saturated rings. The summed E-state index contributed by atoms with van der Waals surface area (Å²) in [6, 6.07) is 11.2. The number of halogens is 1. The lowest BCUT2D eigenvalue weighted by molar-refractivity contribution is -0.144. The van der Waals surface area contributed by atoms with Gasteiger partial charge in [-0.2, -0.15) is 0 Å². The first-order chi connectivity index (χ1) is 14.2. The molecule has 0 radical (unpaired) electrons. The zero-order valence-corrected chi connectivity index (χ0v) is 18.2. The predicted octanol–water partition coefficient (Wildman–Crippen LogP) is 3.40. The molecule has 1 unspecified atom stereocenters. The Hall–Kier alpha value is -2.84. The summed E-state index contributed by atoms with van der Waals surface area (Å²) in [5, 5.41) is 2.76. The Kier molecular flexibility index (Phi) is 8.02. The predicted molar refractivity (Wildman–Crippen MR) is 116 cm³/mol. The van der Waals surface area contributed by atoms with Gasteiger partial charge in [0.15, 0.2) is 0 Å².